The van der Waals surface area contributed by atoms with Gasteiger partial charge in [-0.15, -0.1) is 0 Å². The molecule has 0 aromatic rings. The molecule has 9 atom stereocenters. The van der Waals surface area contributed by atoms with E-state index in [0.717, 1.165) is 61.2 Å². The van der Waals surface area contributed by atoms with Crippen LogP contribution in [0.2, 0.25) is 0 Å². The Labute approximate surface area is 306 Å². The fraction of sp³-hybridized carbons (Fsp3) is 0.936. The molecule has 0 bridgehead atoms. The van der Waals surface area contributed by atoms with Crippen LogP contribution in [0, 0.1) is 52.3 Å². The van der Waals surface area contributed by atoms with E-state index in [2.05, 4.69) is 54.5 Å². The summed E-state index contributed by atoms with van der Waals surface area (Å²) in [5, 5.41) is 0. The van der Waals surface area contributed by atoms with Crippen molar-refractivity contribution in [1.29, 1.82) is 0 Å². The topological polar surface area (TPSA) is 26.3 Å². The molecule has 2 nitrogen and oxygen atoms in total. The molecule has 4 rings (SSSR count). The van der Waals surface area contributed by atoms with E-state index in [1.54, 1.807) is 5.57 Å². The molecule has 3 saturated carbocycles. The predicted octanol–water partition coefficient (Wildman–Crippen LogP) is 14.8. The summed E-state index contributed by atoms with van der Waals surface area (Å²) >= 11 is 0. The molecule has 0 aliphatic heterocycles. The average molecular weight is 681 g/mol. The molecule has 0 aromatic heterocycles. The summed E-state index contributed by atoms with van der Waals surface area (Å²) in [5.74, 6) is 5.51. The van der Waals surface area contributed by atoms with Crippen LogP contribution < -0.4 is 0 Å². The Bertz CT molecular complexity index is 981. The van der Waals surface area contributed by atoms with E-state index in [1.807, 2.05) is 0 Å². The lowest BCUT2D eigenvalue weighted by molar-refractivity contribution is -0.157. The number of ether oxygens (including phenoxy) is 1. The van der Waals surface area contributed by atoms with Crippen molar-refractivity contribution in [2.75, 3.05) is 0 Å². The van der Waals surface area contributed by atoms with Crippen molar-refractivity contribution in [3.05, 3.63) is 11.6 Å². The van der Waals surface area contributed by atoms with Gasteiger partial charge in [-0.25, -0.2) is 0 Å². The third-order valence-corrected chi connectivity index (χ3v) is 15.2. The van der Waals surface area contributed by atoms with Gasteiger partial charge in [0.1, 0.15) is 6.10 Å². The first-order valence-electron chi connectivity index (χ1n) is 22.5. The molecule has 0 radical (unpaired) electrons. The predicted molar refractivity (Wildman–Crippen MR) is 212 cm³/mol. The first kappa shape index (κ1) is 41.0. The van der Waals surface area contributed by atoms with E-state index < -0.39 is 0 Å². The highest BCUT2D eigenvalue weighted by Gasteiger charge is 2.59. The number of hydrogen-bond acceptors (Lipinski definition) is 2. The van der Waals surface area contributed by atoms with E-state index in [4.69, 9.17) is 4.74 Å². The highest BCUT2D eigenvalue weighted by molar-refractivity contribution is 5.72. The van der Waals surface area contributed by atoms with E-state index in [-0.39, 0.29) is 18.0 Å². The molecule has 4 aliphatic rings. The second-order valence-electron chi connectivity index (χ2n) is 19.1. The Morgan fingerprint density at radius 1 is 0.714 bits per heavy atom. The van der Waals surface area contributed by atoms with E-state index in [0.29, 0.717) is 10.8 Å². The van der Waals surface area contributed by atoms with Gasteiger partial charge in [-0.2, -0.15) is 0 Å². The molecule has 0 heterocycles. The Balaban J connectivity index is 1.30. The van der Waals surface area contributed by atoms with Gasteiger partial charge in [0.05, 0.1) is 5.92 Å². The molecule has 4 aliphatic carbocycles. The fourth-order valence-electron chi connectivity index (χ4n) is 12.1. The molecule has 49 heavy (non-hydrogen) atoms. The van der Waals surface area contributed by atoms with Crippen LogP contribution in [0.5, 0.6) is 0 Å². The summed E-state index contributed by atoms with van der Waals surface area (Å²) in [7, 11) is 0. The molecule has 2 heteroatoms. The maximum Gasteiger partial charge on any atom is 0.309 e. The van der Waals surface area contributed by atoms with Crippen LogP contribution in [0.4, 0.5) is 0 Å². The van der Waals surface area contributed by atoms with Crippen LogP contribution in [0.15, 0.2) is 11.6 Å². The summed E-state index contributed by atoms with van der Waals surface area (Å²) < 4.78 is 6.49. The Hall–Kier alpha value is -0.790. The summed E-state index contributed by atoms with van der Waals surface area (Å²) in [6.07, 6.45) is 37.9. The molecule has 0 N–H and O–H groups in total. The maximum absolute atomic E-state index is 13.8. The zero-order chi connectivity index (χ0) is 35.3. The van der Waals surface area contributed by atoms with Crippen molar-refractivity contribution in [2.45, 2.75) is 228 Å². The number of fused-ring (bicyclic) bond motifs is 5. The minimum atomic E-state index is 0.102. The molecule has 0 saturated heterocycles. The summed E-state index contributed by atoms with van der Waals surface area (Å²) in [4.78, 5) is 13.8. The van der Waals surface area contributed by atoms with Crippen molar-refractivity contribution >= 4 is 5.97 Å². The van der Waals surface area contributed by atoms with Crippen LogP contribution in [0.25, 0.3) is 0 Å². The number of allylic oxidation sites excluding steroid dienone is 1. The summed E-state index contributed by atoms with van der Waals surface area (Å²) in [5.41, 5.74) is 2.53. The van der Waals surface area contributed by atoms with Gasteiger partial charge in [-0.05, 0) is 104 Å². The van der Waals surface area contributed by atoms with Gasteiger partial charge in [-0.1, -0.05) is 169 Å². The number of carbonyl (C=O) groups excluding carboxylic acids is 1. The first-order valence-corrected chi connectivity index (χ1v) is 22.5. The van der Waals surface area contributed by atoms with Crippen molar-refractivity contribution < 1.29 is 9.53 Å². The maximum atomic E-state index is 13.8. The molecular formula is C47H84O2. The summed E-state index contributed by atoms with van der Waals surface area (Å²) in [6.45, 7) is 17.3. The quantitative estimate of drug-likeness (QED) is 0.0610. The standard InChI is InChI=1S/C47H84O2/c1-8-10-12-14-16-17-19-21-26-38(25-20-18-15-13-11-9-2)45(48)49-40-31-33-46(6)39(35-40)27-28-41-43-30-29-42(37(5)24-22-23-36(3)4)47(43,7)34-32-44(41)46/h27,36-38,40-44H,8-26,28-35H2,1-7H3/t37-,38?,40+,41+,42-,43+,44+,46+,47-/m1/s1. The van der Waals surface area contributed by atoms with Crippen molar-refractivity contribution in [2.24, 2.45) is 52.3 Å². The molecular weight excluding hydrogens is 597 g/mol. The van der Waals surface area contributed by atoms with Gasteiger partial charge in [0.2, 0.25) is 0 Å². The SMILES string of the molecule is CCCCCCCCCCC(CCCCCCCC)C(=O)O[C@H]1CC[C@@]2(C)C(=CC[C@H]3[C@@H]4CC[C@H]([C@H](C)CCCC(C)C)[C@@]4(C)CC[C@@H]32)C1. The minimum absolute atomic E-state index is 0.102. The van der Waals surface area contributed by atoms with Crippen LogP contribution >= 0.6 is 0 Å². The highest BCUT2D eigenvalue weighted by atomic mass is 16.5. The minimum Gasteiger partial charge on any atom is -0.462 e. The third-order valence-electron chi connectivity index (χ3n) is 15.2. The molecule has 0 amide bonds. The number of carbonyl (C=O) groups is 1. The Kier molecular flexibility index (Phi) is 17.1. The largest absolute Gasteiger partial charge is 0.462 e. The second kappa shape index (κ2) is 20.5. The first-order chi connectivity index (χ1) is 23.6. The molecule has 0 spiro atoms. The number of rotatable bonds is 23. The van der Waals surface area contributed by atoms with E-state index in [1.165, 1.54) is 148 Å². The number of unbranched alkanes of at least 4 members (excludes halogenated alkanes) is 12. The number of hydrogen-bond donors (Lipinski definition) is 0. The van der Waals surface area contributed by atoms with Crippen molar-refractivity contribution in [3.63, 3.8) is 0 Å². The normalized spacial score (nSPS) is 32.2. The molecule has 1 unspecified atom stereocenters. The average Bonchev–Trinajstić information content (AvgIpc) is 3.43. The van der Waals surface area contributed by atoms with Crippen molar-refractivity contribution in [3.8, 4) is 0 Å². The van der Waals surface area contributed by atoms with Gasteiger partial charge in [0.15, 0.2) is 0 Å². The van der Waals surface area contributed by atoms with Gasteiger partial charge in [0.25, 0.3) is 0 Å². The lowest BCUT2D eigenvalue weighted by Gasteiger charge is -2.58. The molecule has 0 aromatic carbocycles. The summed E-state index contributed by atoms with van der Waals surface area (Å²) in [6, 6.07) is 0. The lowest BCUT2D eigenvalue weighted by atomic mass is 9.47. The molecule has 3 fully saturated rings. The highest BCUT2D eigenvalue weighted by Crippen LogP contribution is 2.67. The van der Waals surface area contributed by atoms with Gasteiger partial charge >= 0.3 is 5.97 Å². The van der Waals surface area contributed by atoms with E-state index >= 15 is 0 Å². The second-order valence-corrected chi connectivity index (χ2v) is 19.1. The van der Waals surface area contributed by atoms with Gasteiger partial charge in [-0.3, -0.25) is 4.79 Å². The smallest absolute Gasteiger partial charge is 0.309 e. The number of esters is 1. The Morgan fingerprint density at radius 3 is 1.94 bits per heavy atom. The van der Waals surface area contributed by atoms with Crippen LogP contribution in [0.3, 0.4) is 0 Å². The van der Waals surface area contributed by atoms with Gasteiger partial charge < -0.3 is 4.74 Å². The fourth-order valence-corrected chi connectivity index (χ4v) is 12.1. The third kappa shape index (κ3) is 11.1. The molecule has 284 valence electrons. The van der Waals surface area contributed by atoms with Crippen LogP contribution in [0.1, 0.15) is 222 Å². The zero-order valence-electron chi connectivity index (χ0n) is 34.1. The van der Waals surface area contributed by atoms with Gasteiger partial charge in [0, 0.05) is 6.42 Å². The monoisotopic (exact) mass is 681 g/mol. The zero-order valence-corrected chi connectivity index (χ0v) is 34.1. The van der Waals surface area contributed by atoms with Crippen LogP contribution in [-0.4, -0.2) is 12.1 Å². The lowest BCUT2D eigenvalue weighted by Crippen LogP contribution is -2.51. The van der Waals surface area contributed by atoms with E-state index in [9.17, 15) is 4.79 Å². The van der Waals surface area contributed by atoms with Crippen molar-refractivity contribution in [1.82, 2.24) is 0 Å². The Morgan fingerprint density at radius 2 is 1.33 bits per heavy atom. The van der Waals surface area contributed by atoms with Crippen LogP contribution in [-0.2, 0) is 9.53 Å².